The molecule has 9 heteroatoms. The van der Waals surface area contributed by atoms with Crippen LogP contribution >= 0.6 is 15.9 Å². The molecule has 1 aliphatic rings. The number of aliphatic hydroxyl groups is 1. The Morgan fingerprint density at radius 1 is 1.17 bits per heavy atom. The van der Waals surface area contributed by atoms with Gasteiger partial charge in [0.15, 0.2) is 5.96 Å². The SMILES string of the molecule is CCCCNC(=O)NCc1ccc(CN2C(N)=NC(CCCC)(c3cncc(Br)c3)CC2O)cc1. The number of carbonyl (C=O) groups excluding carboxylic acids is 1. The minimum atomic E-state index is -0.767. The lowest BCUT2D eigenvalue weighted by molar-refractivity contribution is 0.00537. The van der Waals surface area contributed by atoms with Gasteiger partial charge in [0, 0.05) is 42.9 Å². The number of nitrogens with zero attached hydrogens (tertiary/aromatic N) is 3. The number of guanidine groups is 1. The molecule has 0 aliphatic carbocycles. The number of aliphatic imine (C=N–C) groups is 1. The van der Waals surface area contributed by atoms with E-state index in [1.807, 2.05) is 36.5 Å². The lowest BCUT2D eigenvalue weighted by Crippen LogP contribution is -2.52. The molecular weight excluding hydrogens is 508 g/mol. The molecule has 8 nitrogen and oxygen atoms in total. The van der Waals surface area contributed by atoms with E-state index >= 15 is 0 Å². The van der Waals surface area contributed by atoms with Crippen molar-refractivity contribution < 1.29 is 9.90 Å². The first-order valence-electron chi connectivity index (χ1n) is 12.4. The Bertz CT molecular complexity index is 1000. The molecule has 0 saturated heterocycles. The zero-order chi connectivity index (χ0) is 25.3. The molecule has 3 rings (SSSR count). The molecule has 2 aromatic rings. The third kappa shape index (κ3) is 7.41. The van der Waals surface area contributed by atoms with Crippen molar-refractivity contribution in [3.63, 3.8) is 0 Å². The van der Waals surface area contributed by atoms with Gasteiger partial charge in [0.25, 0.3) is 0 Å². The van der Waals surface area contributed by atoms with Gasteiger partial charge in [-0.15, -0.1) is 0 Å². The van der Waals surface area contributed by atoms with E-state index in [2.05, 4.69) is 45.4 Å². The average Bonchev–Trinajstić information content (AvgIpc) is 2.84. The summed E-state index contributed by atoms with van der Waals surface area (Å²) in [6.07, 6.45) is 8.05. The van der Waals surface area contributed by atoms with Gasteiger partial charge >= 0.3 is 6.03 Å². The number of benzene rings is 1. The monoisotopic (exact) mass is 544 g/mol. The number of nitrogens with one attached hydrogen (secondary N) is 2. The van der Waals surface area contributed by atoms with Crippen LogP contribution in [0, 0.1) is 0 Å². The molecule has 0 saturated carbocycles. The van der Waals surface area contributed by atoms with Crippen LogP contribution in [0.5, 0.6) is 0 Å². The quantitative estimate of drug-likeness (QED) is 0.313. The van der Waals surface area contributed by atoms with Crippen LogP contribution in [0.1, 0.15) is 69.1 Å². The highest BCUT2D eigenvalue weighted by atomic mass is 79.9. The van der Waals surface area contributed by atoms with Crippen molar-refractivity contribution in [3.05, 3.63) is 63.9 Å². The molecule has 0 radical (unpaired) electrons. The molecule has 2 unspecified atom stereocenters. The van der Waals surface area contributed by atoms with Crippen molar-refractivity contribution in [2.45, 2.75) is 77.2 Å². The maximum atomic E-state index is 11.8. The summed E-state index contributed by atoms with van der Waals surface area (Å²) in [5, 5.41) is 16.8. The third-order valence-corrected chi connectivity index (χ3v) is 6.77. The highest BCUT2D eigenvalue weighted by Gasteiger charge is 2.41. The lowest BCUT2D eigenvalue weighted by Gasteiger charge is -2.42. The molecule has 0 fully saturated rings. The molecule has 1 aromatic heterocycles. The van der Waals surface area contributed by atoms with Gasteiger partial charge in [-0.25, -0.2) is 9.79 Å². The van der Waals surface area contributed by atoms with Crippen LogP contribution in [0.25, 0.3) is 0 Å². The number of hydrogen-bond acceptors (Lipinski definition) is 6. The summed E-state index contributed by atoms with van der Waals surface area (Å²) in [4.78, 5) is 22.8. The van der Waals surface area contributed by atoms with Gasteiger partial charge in [0.2, 0.25) is 0 Å². The number of rotatable bonds is 11. The van der Waals surface area contributed by atoms with E-state index in [0.29, 0.717) is 32.0 Å². The summed E-state index contributed by atoms with van der Waals surface area (Å²) in [7, 11) is 0. The van der Waals surface area contributed by atoms with Gasteiger partial charge in [0.1, 0.15) is 6.23 Å². The molecule has 2 heterocycles. The van der Waals surface area contributed by atoms with Crippen molar-refractivity contribution in [3.8, 4) is 0 Å². The summed E-state index contributed by atoms with van der Waals surface area (Å²) in [6, 6.07) is 9.79. The molecule has 2 amide bonds. The summed E-state index contributed by atoms with van der Waals surface area (Å²) in [6.45, 7) is 5.81. The Morgan fingerprint density at radius 3 is 2.54 bits per heavy atom. The lowest BCUT2D eigenvalue weighted by atomic mass is 9.81. The maximum Gasteiger partial charge on any atom is 0.315 e. The van der Waals surface area contributed by atoms with Crippen LogP contribution in [-0.4, -0.2) is 39.8 Å². The minimum Gasteiger partial charge on any atom is -0.373 e. The number of hydrogen-bond donors (Lipinski definition) is 4. The molecule has 0 spiro atoms. The largest absolute Gasteiger partial charge is 0.373 e. The van der Waals surface area contributed by atoms with E-state index in [1.165, 1.54) is 0 Å². The second kappa shape index (κ2) is 12.9. The molecule has 35 heavy (non-hydrogen) atoms. The number of unbranched alkanes of at least 4 members (excludes halogenated alkanes) is 2. The number of aromatic nitrogens is 1. The molecular formula is C26H37BrN6O2. The molecule has 5 N–H and O–H groups in total. The Morgan fingerprint density at radius 2 is 1.89 bits per heavy atom. The first-order chi connectivity index (χ1) is 16.9. The van der Waals surface area contributed by atoms with Crippen molar-refractivity contribution in [2.75, 3.05) is 6.54 Å². The molecule has 1 aliphatic heterocycles. The zero-order valence-electron chi connectivity index (χ0n) is 20.6. The van der Waals surface area contributed by atoms with E-state index in [0.717, 1.165) is 53.3 Å². The predicted molar refractivity (Wildman–Crippen MR) is 143 cm³/mol. The van der Waals surface area contributed by atoms with Gasteiger partial charge in [0.05, 0.1) is 5.54 Å². The van der Waals surface area contributed by atoms with Crippen LogP contribution in [-0.2, 0) is 18.6 Å². The summed E-state index contributed by atoms with van der Waals surface area (Å²) < 4.78 is 0.879. The average molecular weight is 546 g/mol. The van der Waals surface area contributed by atoms with Crippen LogP contribution in [0.2, 0.25) is 0 Å². The van der Waals surface area contributed by atoms with E-state index in [-0.39, 0.29) is 6.03 Å². The highest BCUT2D eigenvalue weighted by Crippen LogP contribution is 2.40. The number of pyridine rings is 1. The van der Waals surface area contributed by atoms with Gasteiger partial charge < -0.3 is 26.4 Å². The van der Waals surface area contributed by atoms with E-state index in [9.17, 15) is 9.90 Å². The Labute approximate surface area is 216 Å². The normalized spacial score (nSPS) is 19.8. The van der Waals surface area contributed by atoms with Crippen LogP contribution < -0.4 is 16.4 Å². The number of amides is 2. The molecule has 2 atom stereocenters. The van der Waals surface area contributed by atoms with Gasteiger partial charge in [-0.1, -0.05) is 57.4 Å². The first kappa shape index (κ1) is 26.9. The molecule has 1 aromatic carbocycles. The molecule has 0 bridgehead atoms. The predicted octanol–water partition coefficient (Wildman–Crippen LogP) is 4.37. The van der Waals surface area contributed by atoms with E-state index in [1.54, 1.807) is 11.1 Å². The smallest absolute Gasteiger partial charge is 0.315 e. The van der Waals surface area contributed by atoms with E-state index in [4.69, 9.17) is 10.7 Å². The van der Waals surface area contributed by atoms with Crippen molar-refractivity contribution in [1.82, 2.24) is 20.5 Å². The number of carbonyl (C=O) groups is 1. The molecule has 190 valence electrons. The number of urea groups is 1. The highest BCUT2D eigenvalue weighted by molar-refractivity contribution is 9.10. The van der Waals surface area contributed by atoms with Gasteiger partial charge in [-0.05, 0) is 51.5 Å². The standard InChI is InChI=1S/C26H37BrN6O2/c1-3-5-11-26(21-13-22(27)17-29-16-21)14-23(34)33(24(28)32-26)18-20-9-7-19(8-10-20)15-31-25(35)30-12-6-4-2/h7-10,13,16-17,23,34H,3-6,11-12,14-15,18H2,1-2H3,(H2,28,32)(H2,30,31,35). The van der Waals surface area contributed by atoms with Gasteiger partial charge in [-0.2, -0.15) is 0 Å². The fraction of sp³-hybridized carbons (Fsp3) is 0.500. The Kier molecular flexibility index (Phi) is 9.92. The van der Waals surface area contributed by atoms with E-state index < -0.39 is 11.8 Å². The van der Waals surface area contributed by atoms with Crippen LogP contribution in [0.3, 0.4) is 0 Å². The number of halogens is 1. The topological polar surface area (TPSA) is 116 Å². The summed E-state index contributed by atoms with van der Waals surface area (Å²) >= 11 is 3.50. The minimum absolute atomic E-state index is 0.157. The first-order valence-corrected chi connectivity index (χ1v) is 13.2. The second-order valence-corrected chi connectivity index (χ2v) is 10.0. The fourth-order valence-electron chi connectivity index (χ4n) is 4.28. The van der Waals surface area contributed by atoms with Crippen LogP contribution in [0.15, 0.2) is 52.2 Å². The second-order valence-electron chi connectivity index (χ2n) is 9.09. The maximum absolute atomic E-state index is 11.8. The van der Waals surface area contributed by atoms with Crippen molar-refractivity contribution in [2.24, 2.45) is 10.7 Å². The van der Waals surface area contributed by atoms with Gasteiger partial charge in [-0.3, -0.25) is 4.98 Å². The number of nitrogens with two attached hydrogens (primary N) is 1. The Hall–Kier alpha value is -2.65. The van der Waals surface area contributed by atoms with Crippen molar-refractivity contribution >= 4 is 27.9 Å². The zero-order valence-corrected chi connectivity index (χ0v) is 22.2. The third-order valence-electron chi connectivity index (χ3n) is 6.33. The summed E-state index contributed by atoms with van der Waals surface area (Å²) in [5.41, 5.74) is 8.79. The van der Waals surface area contributed by atoms with Crippen LogP contribution in [0.4, 0.5) is 4.79 Å². The fourth-order valence-corrected chi connectivity index (χ4v) is 4.65. The Balaban J connectivity index is 1.67. The summed E-state index contributed by atoms with van der Waals surface area (Å²) in [5.74, 6) is 0.328. The number of aliphatic hydroxyl groups excluding tert-OH is 1. The van der Waals surface area contributed by atoms with Crippen molar-refractivity contribution in [1.29, 1.82) is 0 Å².